The summed E-state index contributed by atoms with van der Waals surface area (Å²) >= 11 is 19.4. The predicted molar refractivity (Wildman–Crippen MR) is 127 cm³/mol. The number of hydrogen-bond donors (Lipinski definition) is 1. The second kappa shape index (κ2) is 8.88. The third kappa shape index (κ3) is 4.33. The van der Waals surface area contributed by atoms with Gasteiger partial charge in [0.05, 0.1) is 31.8 Å². The van der Waals surface area contributed by atoms with Crippen LogP contribution >= 0.6 is 46.1 Å². The van der Waals surface area contributed by atoms with Crippen LogP contribution in [0.3, 0.4) is 0 Å². The van der Waals surface area contributed by atoms with E-state index in [-0.39, 0.29) is 27.4 Å². The Morgan fingerprint density at radius 3 is 2.38 bits per heavy atom. The molecule has 10 heteroatoms. The highest BCUT2D eigenvalue weighted by molar-refractivity contribution is 7.13. The number of rotatable bonds is 5. The van der Waals surface area contributed by atoms with Gasteiger partial charge in [-0.2, -0.15) is 0 Å². The lowest BCUT2D eigenvalue weighted by Gasteiger charge is -2.09. The van der Waals surface area contributed by atoms with Crippen molar-refractivity contribution < 1.29 is 14.8 Å². The number of hydrogen-bond acceptors (Lipinski definition) is 5. The van der Waals surface area contributed by atoms with Gasteiger partial charge in [-0.15, -0.1) is 11.3 Å². The van der Waals surface area contributed by atoms with Crippen LogP contribution in [-0.2, 0) is 0 Å². The van der Waals surface area contributed by atoms with Crippen molar-refractivity contribution in [2.45, 2.75) is 0 Å². The Bertz CT molecular complexity index is 1390. The first-order valence-electron chi connectivity index (χ1n) is 8.97. The van der Waals surface area contributed by atoms with Gasteiger partial charge in [-0.05, 0) is 30.3 Å². The zero-order chi connectivity index (χ0) is 23.0. The molecule has 0 saturated heterocycles. The molecule has 0 atom stereocenters. The van der Waals surface area contributed by atoms with E-state index in [9.17, 15) is 20.0 Å². The van der Waals surface area contributed by atoms with Crippen LogP contribution in [0.25, 0.3) is 33.0 Å². The van der Waals surface area contributed by atoms with Crippen molar-refractivity contribution in [2.24, 2.45) is 0 Å². The highest BCUT2D eigenvalue weighted by atomic mass is 35.5. The lowest BCUT2D eigenvalue weighted by atomic mass is 9.96. The van der Waals surface area contributed by atoms with E-state index in [1.54, 1.807) is 24.3 Å². The van der Waals surface area contributed by atoms with E-state index in [0.29, 0.717) is 26.3 Å². The van der Waals surface area contributed by atoms with Gasteiger partial charge in [0.15, 0.2) is 0 Å². The van der Waals surface area contributed by atoms with Gasteiger partial charge in [-0.25, -0.2) is 9.78 Å². The molecule has 0 aliphatic heterocycles. The summed E-state index contributed by atoms with van der Waals surface area (Å²) in [6, 6.07) is 13.8. The van der Waals surface area contributed by atoms with E-state index < -0.39 is 10.9 Å². The van der Waals surface area contributed by atoms with Crippen LogP contribution in [0.1, 0.15) is 10.4 Å². The van der Waals surface area contributed by atoms with E-state index in [4.69, 9.17) is 34.8 Å². The normalized spacial score (nSPS) is 10.8. The van der Waals surface area contributed by atoms with Crippen LogP contribution in [0.15, 0.2) is 60.0 Å². The largest absolute Gasteiger partial charge is 0.478 e. The van der Waals surface area contributed by atoms with Gasteiger partial charge < -0.3 is 5.11 Å². The molecule has 0 aliphatic carbocycles. The molecule has 160 valence electrons. The number of carbonyl (C=O) groups is 1. The van der Waals surface area contributed by atoms with Crippen LogP contribution < -0.4 is 0 Å². The average Bonchev–Trinajstić information content (AvgIpc) is 3.25. The fraction of sp³-hybridized carbons (Fsp3) is 0. The zero-order valence-corrected chi connectivity index (χ0v) is 19.0. The second-order valence-corrected chi connectivity index (χ2v) is 8.76. The van der Waals surface area contributed by atoms with Gasteiger partial charge in [0.2, 0.25) is 0 Å². The van der Waals surface area contributed by atoms with Crippen LogP contribution in [0.4, 0.5) is 5.69 Å². The molecule has 0 radical (unpaired) electrons. The summed E-state index contributed by atoms with van der Waals surface area (Å²) in [7, 11) is 0. The molecule has 4 rings (SSSR count). The maximum absolute atomic E-state index is 12.0. The van der Waals surface area contributed by atoms with Crippen molar-refractivity contribution in [1.29, 1.82) is 0 Å². The summed E-state index contributed by atoms with van der Waals surface area (Å²) in [5.74, 6) is -1.22. The fourth-order valence-electron chi connectivity index (χ4n) is 3.17. The second-order valence-electron chi connectivity index (χ2n) is 6.65. The molecular weight excluding hydrogens is 495 g/mol. The van der Waals surface area contributed by atoms with Gasteiger partial charge in [-0.1, -0.05) is 53.0 Å². The highest BCUT2D eigenvalue weighted by Crippen LogP contribution is 2.38. The van der Waals surface area contributed by atoms with E-state index >= 15 is 0 Å². The molecule has 6 nitrogen and oxygen atoms in total. The third-order valence-electron chi connectivity index (χ3n) is 4.66. The number of halogens is 3. The Hall–Kier alpha value is -2.97. The topological polar surface area (TPSA) is 93.3 Å². The molecular formula is C22H11Cl3N2O4S. The molecule has 3 aromatic carbocycles. The van der Waals surface area contributed by atoms with Crippen LogP contribution in [-0.4, -0.2) is 21.0 Å². The highest BCUT2D eigenvalue weighted by Gasteiger charge is 2.22. The summed E-state index contributed by atoms with van der Waals surface area (Å²) in [5, 5.41) is 24.7. The number of aromatic nitrogens is 1. The maximum Gasteiger partial charge on any atom is 0.336 e. The molecule has 0 amide bonds. The minimum Gasteiger partial charge on any atom is -0.478 e. The number of aromatic carboxylic acids is 1. The standard InChI is InChI=1S/C22H11Cl3N2O4S/c23-13-3-6-20(27(30)31)15(9-13)14-4-1-12(7-16(14)22(28)29)21-26-19(10-32-21)11-2-5-17(24)18(25)8-11/h1-10H,(H,28,29). The molecule has 1 N–H and O–H groups in total. The third-order valence-corrected chi connectivity index (χ3v) is 6.53. The molecule has 4 aromatic rings. The SMILES string of the molecule is O=C(O)c1cc(-c2nc(-c3ccc(Cl)c(Cl)c3)cs2)ccc1-c1cc(Cl)ccc1[N+](=O)[O-]. The molecule has 0 fully saturated rings. The van der Waals surface area contributed by atoms with E-state index in [0.717, 1.165) is 5.56 Å². The van der Waals surface area contributed by atoms with Crippen molar-refractivity contribution in [2.75, 3.05) is 0 Å². The quantitative estimate of drug-likeness (QED) is 0.221. The van der Waals surface area contributed by atoms with Crippen molar-refractivity contribution in [3.63, 3.8) is 0 Å². The number of carboxylic acid groups (broad SMARTS) is 1. The Balaban J connectivity index is 1.80. The van der Waals surface area contributed by atoms with Crippen molar-refractivity contribution >= 4 is 57.8 Å². The summed E-state index contributed by atoms with van der Waals surface area (Å²) in [5.41, 5.74) is 1.98. The van der Waals surface area contributed by atoms with Crippen LogP contribution in [0, 0.1) is 10.1 Å². The van der Waals surface area contributed by atoms with Crippen LogP contribution in [0.5, 0.6) is 0 Å². The van der Waals surface area contributed by atoms with E-state index in [1.165, 1.54) is 41.7 Å². The van der Waals surface area contributed by atoms with E-state index in [1.807, 2.05) is 5.38 Å². The number of thiazole rings is 1. The van der Waals surface area contributed by atoms with Gasteiger partial charge in [0, 0.05) is 33.2 Å². The minimum atomic E-state index is -1.22. The molecule has 0 bridgehead atoms. The summed E-state index contributed by atoms with van der Waals surface area (Å²) in [6.45, 7) is 0. The first-order valence-corrected chi connectivity index (χ1v) is 11.0. The molecule has 0 aliphatic rings. The van der Waals surface area contributed by atoms with Crippen LogP contribution in [0.2, 0.25) is 15.1 Å². The lowest BCUT2D eigenvalue weighted by Crippen LogP contribution is -2.02. The molecule has 0 spiro atoms. The Kier molecular flexibility index (Phi) is 6.17. The summed E-state index contributed by atoms with van der Waals surface area (Å²) in [6.07, 6.45) is 0. The van der Waals surface area contributed by atoms with Gasteiger partial charge in [0.25, 0.3) is 5.69 Å². The van der Waals surface area contributed by atoms with Gasteiger partial charge in [0.1, 0.15) is 5.01 Å². The summed E-state index contributed by atoms with van der Waals surface area (Å²) < 4.78 is 0. The predicted octanol–water partition coefficient (Wildman–Crippen LogP) is 7.71. The number of nitro groups is 1. The first kappa shape index (κ1) is 22.2. The lowest BCUT2D eigenvalue weighted by molar-refractivity contribution is -0.384. The number of carboxylic acids is 1. The number of nitrogens with zero attached hydrogens (tertiary/aromatic N) is 2. The first-order chi connectivity index (χ1) is 15.2. The van der Waals surface area contributed by atoms with E-state index in [2.05, 4.69) is 4.98 Å². The van der Waals surface area contributed by atoms with Crippen molar-refractivity contribution in [3.05, 3.63) is 90.7 Å². The number of nitro benzene ring substituents is 1. The monoisotopic (exact) mass is 504 g/mol. The average molecular weight is 506 g/mol. The molecule has 0 saturated carbocycles. The molecule has 0 unspecified atom stereocenters. The molecule has 1 heterocycles. The minimum absolute atomic E-state index is 0.0980. The zero-order valence-electron chi connectivity index (χ0n) is 15.9. The smallest absolute Gasteiger partial charge is 0.336 e. The summed E-state index contributed by atoms with van der Waals surface area (Å²) in [4.78, 5) is 27.4. The number of benzene rings is 3. The Morgan fingerprint density at radius 2 is 1.69 bits per heavy atom. The Labute approximate surface area is 200 Å². The van der Waals surface area contributed by atoms with Crippen molar-refractivity contribution in [3.8, 4) is 33.0 Å². The Morgan fingerprint density at radius 1 is 0.938 bits per heavy atom. The fourth-order valence-corrected chi connectivity index (χ4v) is 4.46. The van der Waals surface area contributed by atoms with Gasteiger partial charge >= 0.3 is 5.97 Å². The van der Waals surface area contributed by atoms with Gasteiger partial charge in [-0.3, -0.25) is 10.1 Å². The molecule has 1 aromatic heterocycles. The molecule has 32 heavy (non-hydrogen) atoms. The maximum atomic E-state index is 12.0. The van der Waals surface area contributed by atoms with Crippen molar-refractivity contribution in [1.82, 2.24) is 4.98 Å².